The van der Waals surface area contributed by atoms with Crippen molar-refractivity contribution in [2.75, 3.05) is 32.1 Å². The van der Waals surface area contributed by atoms with Gasteiger partial charge in [-0.3, -0.25) is 9.69 Å². The molecule has 1 heterocycles. The minimum absolute atomic E-state index is 0.0127. The van der Waals surface area contributed by atoms with E-state index in [1.54, 1.807) is 13.2 Å². The molecule has 1 N–H and O–H groups in total. The molecule has 0 saturated carbocycles. The summed E-state index contributed by atoms with van der Waals surface area (Å²) >= 11 is 6.09. The zero-order valence-electron chi connectivity index (χ0n) is 13.8. The molecule has 0 unspecified atom stereocenters. The van der Waals surface area contributed by atoms with E-state index in [2.05, 4.69) is 24.1 Å². The summed E-state index contributed by atoms with van der Waals surface area (Å²) in [6.07, 6.45) is 1.24. The number of hydrogen-bond acceptors (Lipinski definition) is 3. The molecule has 0 aliphatic carbocycles. The van der Waals surface area contributed by atoms with Crippen molar-refractivity contribution in [3.05, 3.63) is 22.7 Å². The molecule has 0 bridgehead atoms. The number of likely N-dealkylation sites (tertiary alicyclic amines) is 1. The SMILES string of the molecule is COc1cc(Cl)c(C)cc1NC(=O)CN1C[C@H](C)C[C@H](C)C1. The van der Waals surface area contributed by atoms with Crippen LogP contribution in [-0.4, -0.2) is 37.6 Å². The van der Waals surface area contributed by atoms with Crippen molar-refractivity contribution < 1.29 is 9.53 Å². The van der Waals surface area contributed by atoms with E-state index in [4.69, 9.17) is 16.3 Å². The van der Waals surface area contributed by atoms with Crippen LogP contribution in [-0.2, 0) is 4.79 Å². The molecule has 2 atom stereocenters. The Labute approximate surface area is 137 Å². The number of amides is 1. The summed E-state index contributed by atoms with van der Waals surface area (Å²) < 4.78 is 5.29. The maximum atomic E-state index is 12.3. The van der Waals surface area contributed by atoms with Gasteiger partial charge >= 0.3 is 0 Å². The summed E-state index contributed by atoms with van der Waals surface area (Å²) in [5.41, 5.74) is 1.59. The van der Waals surface area contributed by atoms with E-state index in [1.165, 1.54) is 6.42 Å². The van der Waals surface area contributed by atoms with Gasteiger partial charge in [-0.05, 0) is 36.8 Å². The average molecular weight is 325 g/mol. The number of carbonyl (C=O) groups excluding carboxylic acids is 1. The lowest BCUT2D eigenvalue weighted by Gasteiger charge is -2.34. The second-order valence-electron chi connectivity index (χ2n) is 6.49. The van der Waals surface area contributed by atoms with Gasteiger partial charge in [0.1, 0.15) is 5.75 Å². The normalized spacial score (nSPS) is 22.4. The molecule has 4 nitrogen and oxygen atoms in total. The molecule has 22 heavy (non-hydrogen) atoms. The molecule has 2 rings (SSSR count). The Bertz CT molecular complexity index is 538. The summed E-state index contributed by atoms with van der Waals surface area (Å²) in [6, 6.07) is 3.58. The Morgan fingerprint density at radius 2 is 2.00 bits per heavy atom. The lowest BCUT2D eigenvalue weighted by Crippen LogP contribution is -2.42. The van der Waals surface area contributed by atoms with Crippen molar-refractivity contribution in [3.63, 3.8) is 0 Å². The summed E-state index contributed by atoms with van der Waals surface area (Å²) in [5, 5.41) is 3.58. The second-order valence-corrected chi connectivity index (χ2v) is 6.90. The summed E-state index contributed by atoms with van der Waals surface area (Å²) in [5.74, 6) is 1.86. The highest BCUT2D eigenvalue weighted by Crippen LogP contribution is 2.31. The summed E-state index contributed by atoms with van der Waals surface area (Å²) in [6.45, 7) is 8.77. The Hall–Kier alpha value is -1.26. The molecule has 1 aromatic rings. The number of piperidine rings is 1. The van der Waals surface area contributed by atoms with E-state index in [9.17, 15) is 4.79 Å². The van der Waals surface area contributed by atoms with E-state index in [0.29, 0.717) is 34.8 Å². The monoisotopic (exact) mass is 324 g/mol. The largest absolute Gasteiger partial charge is 0.495 e. The van der Waals surface area contributed by atoms with Crippen LogP contribution in [0.3, 0.4) is 0 Å². The maximum absolute atomic E-state index is 12.3. The lowest BCUT2D eigenvalue weighted by atomic mass is 9.92. The third-order valence-electron chi connectivity index (χ3n) is 4.07. The van der Waals surface area contributed by atoms with Gasteiger partial charge in [0.2, 0.25) is 5.91 Å². The molecule has 122 valence electrons. The van der Waals surface area contributed by atoms with Crippen LogP contribution in [0.5, 0.6) is 5.75 Å². The molecule has 0 spiro atoms. The summed E-state index contributed by atoms with van der Waals surface area (Å²) in [4.78, 5) is 14.5. The van der Waals surface area contributed by atoms with Crippen molar-refractivity contribution in [3.8, 4) is 5.75 Å². The number of benzene rings is 1. The molecule has 1 aromatic carbocycles. The highest BCUT2D eigenvalue weighted by Gasteiger charge is 2.23. The molecule has 0 aromatic heterocycles. The van der Waals surface area contributed by atoms with Gasteiger partial charge in [-0.15, -0.1) is 0 Å². The van der Waals surface area contributed by atoms with Crippen LogP contribution in [0.4, 0.5) is 5.69 Å². The van der Waals surface area contributed by atoms with Gasteiger partial charge in [0.05, 0.1) is 19.3 Å². The number of carbonyl (C=O) groups is 1. The van der Waals surface area contributed by atoms with Crippen LogP contribution in [0.1, 0.15) is 25.8 Å². The first kappa shape index (κ1) is 17.1. The topological polar surface area (TPSA) is 41.6 Å². The fraction of sp³-hybridized carbons (Fsp3) is 0.588. The van der Waals surface area contributed by atoms with Crippen LogP contribution in [0, 0.1) is 18.8 Å². The first-order valence-corrected chi connectivity index (χ1v) is 8.13. The number of nitrogens with zero attached hydrogens (tertiary/aromatic N) is 1. The number of methoxy groups -OCH3 is 1. The molecule has 0 radical (unpaired) electrons. The van der Waals surface area contributed by atoms with Gasteiger partial charge in [0.25, 0.3) is 0 Å². The van der Waals surface area contributed by atoms with Crippen molar-refractivity contribution >= 4 is 23.2 Å². The molecule has 1 aliphatic rings. The van der Waals surface area contributed by atoms with Crippen LogP contribution < -0.4 is 10.1 Å². The van der Waals surface area contributed by atoms with E-state index in [1.807, 2.05) is 13.0 Å². The Kier molecular flexibility index (Phi) is 5.70. The highest BCUT2D eigenvalue weighted by atomic mass is 35.5. The average Bonchev–Trinajstić information content (AvgIpc) is 2.41. The lowest BCUT2D eigenvalue weighted by molar-refractivity contribution is -0.117. The van der Waals surface area contributed by atoms with Crippen LogP contribution in [0.2, 0.25) is 5.02 Å². The Morgan fingerprint density at radius 3 is 2.59 bits per heavy atom. The number of nitrogens with one attached hydrogen (secondary N) is 1. The molecular formula is C17H25ClN2O2. The minimum atomic E-state index is -0.0127. The van der Waals surface area contributed by atoms with E-state index in [-0.39, 0.29) is 5.91 Å². The standard InChI is InChI=1S/C17H25ClN2O2/c1-11-5-12(2)9-20(8-11)10-17(21)19-15-6-13(3)14(18)7-16(15)22-4/h6-7,11-12H,5,8-10H2,1-4H3,(H,19,21)/t11-,12+. The maximum Gasteiger partial charge on any atom is 0.238 e. The smallest absolute Gasteiger partial charge is 0.238 e. The second kappa shape index (κ2) is 7.34. The predicted octanol–water partition coefficient (Wildman–Crippen LogP) is 3.57. The van der Waals surface area contributed by atoms with Crippen LogP contribution >= 0.6 is 11.6 Å². The van der Waals surface area contributed by atoms with Crippen LogP contribution in [0.15, 0.2) is 12.1 Å². The third-order valence-corrected chi connectivity index (χ3v) is 4.47. The Balaban J connectivity index is 2.01. The zero-order chi connectivity index (χ0) is 16.3. The van der Waals surface area contributed by atoms with E-state index >= 15 is 0 Å². The Morgan fingerprint density at radius 1 is 1.36 bits per heavy atom. The van der Waals surface area contributed by atoms with Gasteiger partial charge in [0, 0.05) is 24.2 Å². The van der Waals surface area contributed by atoms with Gasteiger partial charge in [-0.1, -0.05) is 25.4 Å². The minimum Gasteiger partial charge on any atom is -0.495 e. The molecular weight excluding hydrogens is 300 g/mol. The van der Waals surface area contributed by atoms with Crippen LogP contribution in [0.25, 0.3) is 0 Å². The van der Waals surface area contributed by atoms with Gasteiger partial charge in [-0.25, -0.2) is 0 Å². The van der Waals surface area contributed by atoms with Gasteiger partial charge in [0.15, 0.2) is 0 Å². The molecule has 1 amide bonds. The molecule has 1 saturated heterocycles. The third kappa shape index (κ3) is 4.37. The fourth-order valence-electron chi connectivity index (χ4n) is 3.24. The van der Waals surface area contributed by atoms with Crippen molar-refractivity contribution in [1.29, 1.82) is 0 Å². The summed E-state index contributed by atoms with van der Waals surface area (Å²) in [7, 11) is 1.57. The number of aryl methyl sites for hydroxylation is 1. The molecule has 5 heteroatoms. The molecule has 1 aliphatic heterocycles. The van der Waals surface area contributed by atoms with Crippen molar-refractivity contribution in [1.82, 2.24) is 4.90 Å². The number of anilines is 1. The van der Waals surface area contributed by atoms with E-state index < -0.39 is 0 Å². The number of halogens is 1. The van der Waals surface area contributed by atoms with Crippen molar-refractivity contribution in [2.24, 2.45) is 11.8 Å². The van der Waals surface area contributed by atoms with Gasteiger partial charge in [-0.2, -0.15) is 0 Å². The number of rotatable bonds is 4. The highest BCUT2D eigenvalue weighted by molar-refractivity contribution is 6.31. The predicted molar refractivity (Wildman–Crippen MR) is 90.8 cm³/mol. The van der Waals surface area contributed by atoms with E-state index in [0.717, 1.165) is 18.7 Å². The van der Waals surface area contributed by atoms with Crippen molar-refractivity contribution in [2.45, 2.75) is 27.2 Å². The number of hydrogen-bond donors (Lipinski definition) is 1. The van der Waals surface area contributed by atoms with Gasteiger partial charge < -0.3 is 10.1 Å². The number of ether oxygens (including phenoxy) is 1. The fourth-order valence-corrected chi connectivity index (χ4v) is 3.40. The molecule has 1 fully saturated rings. The zero-order valence-corrected chi connectivity index (χ0v) is 14.5. The first-order valence-electron chi connectivity index (χ1n) is 7.75. The quantitative estimate of drug-likeness (QED) is 0.920. The first-order chi connectivity index (χ1) is 10.4.